The zero-order valence-corrected chi connectivity index (χ0v) is 11.3. The predicted molar refractivity (Wildman–Crippen MR) is 75.3 cm³/mol. The lowest BCUT2D eigenvalue weighted by Crippen LogP contribution is -2.04. The third-order valence-corrected chi connectivity index (χ3v) is 3.29. The van der Waals surface area contributed by atoms with Crippen molar-refractivity contribution in [2.75, 3.05) is 5.73 Å². The molecule has 5 heteroatoms. The van der Waals surface area contributed by atoms with Gasteiger partial charge in [0.1, 0.15) is 5.82 Å². The number of rotatable bonds is 3. The van der Waals surface area contributed by atoms with E-state index in [1.54, 1.807) is 12.1 Å². The van der Waals surface area contributed by atoms with E-state index in [1.165, 1.54) is 24.3 Å². The van der Waals surface area contributed by atoms with Crippen molar-refractivity contribution in [3.05, 3.63) is 63.4 Å². The summed E-state index contributed by atoms with van der Waals surface area (Å²) in [7, 11) is 0. The van der Waals surface area contributed by atoms with Gasteiger partial charge in [-0.1, -0.05) is 29.3 Å². The molecule has 0 fully saturated rings. The number of nitrogen functional groups attached to an aromatic ring is 1. The van der Waals surface area contributed by atoms with Crippen molar-refractivity contribution in [1.29, 1.82) is 0 Å². The number of anilines is 1. The molecule has 0 aliphatic heterocycles. The molecule has 0 heterocycles. The first-order chi connectivity index (χ1) is 8.97. The fourth-order valence-electron chi connectivity index (χ4n) is 1.64. The van der Waals surface area contributed by atoms with Crippen LogP contribution in [0.2, 0.25) is 10.0 Å². The normalized spacial score (nSPS) is 10.5. The van der Waals surface area contributed by atoms with E-state index in [2.05, 4.69) is 0 Å². The number of hydrogen-bond donors (Lipinski definition) is 1. The predicted octanol–water partition coefficient (Wildman–Crippen LogP) is 4.14. The number of ketones is 1. The zero-order valence-electron chi connectivity index (χ0n) is 9.79. The zero-order chi connectivity index (χ0) is 14.0. The van der Waals surface area contributed by atoms with Crippen LogP contribution >= 0.6 is 23.2 Å². The van der Waals surface area contributed by atoms with Crippen molar-refractivity contribution in [2.24, 2.45) is 0 Å². The quantitative estimate of drug-likeness (QED) is 0.683. The van der Waals surface area contributed by atoms with Crippen LogP contribution < -0.4 is 5.73 Å². The molecule has 0 bridgehead atoms. The van der Waals surface area contributed by atoms with E-state index in [1.807, 2.05) is 0 Å². The number of benzene rings is 2. The van der Waals surface area contributed by atoms with E-state index in [4.69, 9.17) is 28.9 Å². The molecule has 0 aliphatic rings. The molecule has 0 atom stereocenters. The molecule has 0 amide bonds. The summed E-state index contributed by atoms with van der Waals surface area (Å²) in [5, 5.41) is 0.337. The van der Waals surface area contributed by atoms with E-state index in [9.17, 15) is 9.18 Å². The van der Waals surface area contributed by atoms with E-state index >= 15 is 0 Å². The molecule has 2 rings (SSSR count). The highest BCUT2D eigenvalue weighted by Gasteiger charge is 2.10. The molecule has 2 nitrogen and oxygen atoms in total. The SMILES string of the molecule is Nc1ccc(C(=O)Cc2ccc(F)c(Cl)c2)cc1Cl. The molecule has 0 spiro atoms. The Balaban J connectivity index is 2.20. The van der Waals surface area contributed by atoms with Crippen LogP contribution in [0.3, 0.4) is 0 Å². The van der Waals surface area contributed by atoms with Crippen molar-refractivity contribution in [3.8, 4) is 0 Å². The molecular formula is C14H10Cl2FNO. The molecule has 0 unspecified atom stereocenters. The summed E-state index contributed by atoms with van der Waals surface area (Å²) < 4.78 is 13.0. The molecule has 0 saturated carbocycles. The second-order valence-corrected chi connectivity index (χ2v) is 4.90. The summed E-state index contributed by atoms with van der Waals surface area (Å²) in [6.07, 6.45) is 0.125. The van der Waals surface area contributed by atoms with Gasteiger partial charge in [0.15, 0.2) is 5.78 Å². The Morgan fingerprint density at radius 1 is 1.11 bits per heavy atom. The summed E-state index contributed by atoms with van der Waals surface area (Å²) in [6.45, 7) is 0. The van der Waals surface area contributed by atoms with Crippen molar-refractivity contribution < 1.29 is 9.18 Å². The number of carbonyl (C=O) groups excluding carboxylic acids is 1. The Labute approximate surface area is 119 Å². The largest absolute Gasteiger partial charge is 0.398 e. The van der Waals surface area contributed by atoms with E-state index < -0.39 is 5.82 Å². The molecule has 98 valence electrons. The van der Waals surface area contributed by atoms with Gasteiger partial charge >= 0.3 is 0 Å². The van der Waals surface area contributed by atoms with Gasteiger partial charge in [-0.15, -0.1) is 0 Å². The number of Topliss-reactive ketones (excluding diaryl/α,β-unsaturated/α-hetero) is 1. The molecule has 19 heavy (non-hydrogen) atoms. The van der Waals surface area contributed by atoms with Crippen LogP contribution in [-0.2, 0) is 6.42 Å². The van der Waals surface area contributed by atoms with Crippen molar-refractivity contribution in [1.82, 2.24) is 0 Å². The maximum atomic E-state index is 13.0. The average molecular weight is 298 g/mol. The summed E-state index contributed by atoms with van der Waals surface area (Å²) in [6, 6.07) is 8.90. The summed E-state index contributed by atoms with van der Waals surface area (Å²) in [5.41, 5.74) is 7.10. The van der Waals surface area contributed by atoms with E-state index in [-0.39, 0.29) is 17.2 Å². The highest BCUT2D eigenvalue weighted by Crippen LogP contribution is 2.22. The second kappa shape index (κ2) is 5.59. The number of carbonyl (C=O) groups is 1. The van der Waals surface area contributed by atoms with Crippen LogP contribution in [0.1, 0.15) is 15.9 Å². The molecule has 0 saturated heterocycles. The minimum atomic E-state index is -0.506. The first-order valence-electron chi connectivity index (χ1n) is 5.49. The minimum absolute atomic E-state index is 0.000591. The maximum absolute atomic E-state index is 13.0. The van der Waals surface area contributed by atoms with Crippen molar-refractivity contribution in [2.45, 2.75) is 6.42 Å². The smallest absolute Gasteiger partial charge is 0.167 e. The van der Waals surface area contributed by atoms with Crippen LogP contribution in [0, 0.1) is 5.82 Å². The summed E-state index contributed by atoms with van der Waals surface area (Å²) in [5.74, 6) is -0.641. The van der Waals surface area contributed by atoms with Gasteiger partial charge in [0, 0.05) is 12.0 Å². The van der Waals surface area contributed by atoms with Gasteiger partial charge in [-0.2, -0.15) is 0 Å². The molecule has 2 aromatic carbocycles. The third kappa shape index (κ3) is 3.25. The lowest BCUT2D eigenvalue weighted by Gasteiger charge is -2.04. The Morgan fingerprint density at radius 2 is 1.84 bits per heavy atom. The van der Waals surface area contributed by atoms with Gasteiger partial charge in [-0.05, 0) is 35.9 Å². The first kappa shape index (κ1) is 13.8. The van der Waals surface area contributed by atoms with Crippen molar-refractivity contribution in [3.63, 3.8) is 0 Å². The number of halogens is 3. The topological polar surface area (TPSA) is 43.1 Å². The minimum Gasteiger partial charge on any atom is -0.398 e. The van der Waals surface area contributed by atoms with E-state index in [0.717, 1.165) is 0 Å². The van der Waals surface area contributed by atoms with Crippen LogP contribution in [-0.4, -0.2) is 5.78 Å². The third-order valence-electron chi connectivity index (χ3n) is 2.67. The second-order valence-electron chi connectivity index (χ2n) is 4.08. The molecule has 0 aromatic heterocycles. The fraction of sp³-hybridized carbons (Fsp3) is 0.0714. The molecule has 0 aliphatic carbocycles. The van der Waals surface area contributed by atoms with Gasteiger partial charge in [0.2, 0.25) is 0 Å². The van der Waals surface area contributed by atoms with Crippen LogP contribution in [0.5, 0.6) is 0 Å². The van der Waals surface area contributed by atoms with Gasteiger partial charge in [0.05, 0.1) is 15.7 Å². The summed E-state index contributed by atoms with van der Waals surface area (Å²) >= 11 is 11.5. The van der Waals surface area contributed by atoms with Crippen LogP contribution in [0.15, 0.2) is 36.4 Å². The van der Waals surface area contributed by atoms with Crippen LogP contribution in [0.25, 0.3) is 0 Å². The van der Waals surface area contributed by atoms with Gasteiger partial charge in [-0.25, -0.2) is 4.39 Å². The standard InChI is InChI=1S/C14H10Cl2FNO/c15-10-5-8(1-3-12(10)17)6-14(19)9-2-4-13(18)11(16)7-9/h1-5,7H,6,18H2. The lowest BCUT2D eigenvalue weighted by atomic mass is 10.0. The maximum Gasteiger partial charge on any atom is 0.167 e. The molecular weight excluding hydrogens is 288 g/mol. The van der Waals surface area contributed by atoms with Crippen LogP contribution in [0.4, 0.5) is 10.1 Å². The van der Waals surface area contributed by atoms with Crippen molar-refractivity contribution >= 4 is 34.7 Å². The average Bonchev–Trinajstić information content (AvgIpc) is 2.37. The highest BCUT2D eigenvalue weighted by molar-refractivity contribution is 6.33. The Kier molecular flexibility index (Phi) is 4.08. The first-order valence-corrected chi connectivity index (χ1v) is 6.25. The highest BCUT2D eigenvalue weighted by atomic mass is 35.5. The molecule has 0 radical (unpaired) electrons. The molecule has 2 N–H and O–H groups in total. The van der Waals surface area contributed by atoms with Gasteiger partial charge < -0.3 is 5.73 Å². The van der Waals surface area contributed by atoms with Gasteiger partial charge in [0.25, 0.3) is 0 Å². The fourth-order valence-corrected chi connectivity index (χ4v) is 2.02. The monoisotopic (exact) mass is 297 g/mol. The summed E-state index contributed by atoms with van der Waals surface area (Å²) in [4.78, 5) is 12.0. The van der Waals surface area contributed by atoms with Gasteiger partial charge in [-0.3, -0.25) is 4.79 Å². The Hall–Kier alpha value is -1.58. The Bertz CT molecular complexity index is 643. The van der Waals surface area contributed by atoms with E-state index in [0.29, 0.717) is 21.8 Å². The molecule has 2 aromatic rings. The number of nitrogens with two attached hydrogens (primary N) is 1. The number of hydrogen-bond acceptors (Lipinski definition) is 2. The Morgan fingerprint density at radius 3 is 2.47 bits per heavy atom. The lowest BCUT2D eigenvalue weighted by molar-refractivity contribution is 0.0993.